The van der Waals surface area contributed by atoms with E-state index in [2.05, 4.69) is 5.43 Å². The lowest BCUT2D eigenvalue weighted by Crippen LogP contribution is -2.28. The minimum absolute atomic E-state index is 0.0898. The molecule has 1 aromatic rings. The summed E-state index contributed by atoms with van der Waals surface area (Å²) in [6.45, 7) is 0.904. The molecule has 2 atom stereocenters. The van der Waals surface area contributed by atoms with E-state index in [-0.39, 0.29) is 11.9 Å². The van der Waals surface area contributed by atoms with Gasteiger partial charge < -0.3 is 4.74 Å². The molecule has 1 aliphatic heterocycles. The molecule has 0 saturated carbocycles. The molecular formula is C14H21FN2O. The van der Waals surface area contributed by atoms with Gasteiger partial charge >= 0.3 is 0 Å². The van der Waals surface area contributed by atoms with Crippen LogP contribution < -0.4 is 11.3 Å². The van der Waals surface area contributed by atoms with Crippen molar-refractivity contribution in [1.29, 1.82) is 0 Å². The zero-order chi connectivity index (χ0) is 12.8. The van der Waals surface area contributed by atoms with Crippen LogP contribution in [0.15, 0.2) is 24.3 Å². The van der Waals surface area contributed by atoms with Gasteiger partial charge in [-0.3, -0.25) is 11.3 Å². The lowest BCUT2D eigenvalue weighted by Gasteiger charge is -2.17. The van der Waals surface area contributed by atoms with Crippen molar-refractivity contribution in [3.63, 3.8) is 0 Å². The molecule has 3 N–H and O–H groups in total. The summed E-state index contributed by atoms with van der Waals surface area (Å²) < 4.78 is 18.4. The highest BCUT2D eigenvalue weighted by atomic mass is 19.1. The molecule has 2 rings (SSSR count). The van der Waals surface area contributed by atoms with Gasteiger partial charge in [-0.2, -0.15) is 0 Å². The Hall–Kier alpha value is -0.970. The van der Waals surface area contributed by atoms with Crippen molar-refractivity contribution < 1.29 is 9.13 Å². The van der Waals surface area contributed by atoms with Gasteiger partial charge in [0.15, 0.2) is 0 Å². The number of hydrogen-bond acceptors (Lipinski definition) is 3. The van der Waals surface area contributed by atoms with Crippen LogP contribution in [0.25, 0.3) is 0 Å². The number of benzene rings is 1. The van der Waals surface area contributed by atoms with E-state index in [0.717, 1.165) is 31.4 Å². The van der Waals surface area contributed by atoms with Crippen molar-refractivity contribution in [3.05, 3.63) is 35.6 Å². The molecule has 1 heterocycles. The van der Waals surface area contributed by atoms with Crippen LogP contribution >= 0.6 is 0 Å². The maximum absolute atomic E-state index is 12.8. The van der Waals surface area contributed by atoms with Crippen LogP contribution in [-0.4, -0.2) is 12.7 Å². The summed E-state index contributed by atoms with van der Waals surface area (Å²) in [6, 6.07) is 6.60. The Labute approximate surface area is 107 Å². The van der Waals surface area contributed by atoms with Gasteiger partial charge in [0, 0.05) is 12.6 Å². The van der Waals surface area contributed by atoms with Crippen molar-refractivity contribution >= 4 is 0 Å². The number of nitrogens with one attached hydrogen (secondary N) is 1. The van der Waals surface area contributed by atoms with Crippen LogP contribution in [0.1, 0.15) is 43.7 Å². The first-order chi connectivity index (χ1) is 8.79. The fourth-order valence-corrected chi connectivity index (χ4v) is 2.46. The SMILES string of the molecule is NNC(CCCC1CCCO1)c1ccc(F)cc1. The molecule has 0 aromatic heterocycles. The molecule has 100 valence electrons. The van der Waals surface area contributed by atoms with Crippen LogP contribution in [0.2, 0.25) is 0 Å². The zero-order valence-corrected chi connectivity index (χ0v) is 10.6. The molecule has 0 bridgehead atoms. The largest absolute Gasteiger partial charge is 0.378 e. The molecular weight excluding hydrogens is 231 g/mol. The summed E-state index contributed by atoms with van der Waals surface area (Å²) in [5, 5.41) is 0. The normalized spacial score (nSPS) is 21.1. The predicted octanol–water partition coefficient (Wildman–Crippen LogP) is 2.68. The third kappa shape index (κ3) is 3.77. The van der Waals surface area contributed by atoms with Gasteiger partial charge in [-0.1, -0.05) is 12.1 Å². The van der Waals surface area contributed by atoms with Gasteiger partial charge in [0.1, 0.15) is 5.82 Å². The zero-order valence-electron chi connectivity index (χ0n) is 10.6. The number of ether oxygens (including phenoxy) is 1. The van der Waals surface area contributed by atoms with Crippen molar-refractivity contribution in [2.45, 2.75) is 44.2 Å². The second kappa shape index (κ2) is 6.83. The lowest BCUT2D eigenvalue weighted by atomic mass is 10.00. The van der Waals surface area contributed by atoms with Crippen LogP contribution in [-0.2, 0) is 4.74 Å². The molecule has 2 unspecified atom stereocenters. The van der Waals surface area contributed by atoms with Gasteiger partial charge in [0.05, 0.1) is 6.10 Å². The predicted molar refractivity (Wildman–Crippen MR) is 69.3 cm³/mol. The fourth-order valence-electron chi connectivity index (χ4n) is 2.46. The monoisotopic (exact) mass is 252 g/mol. The van der Waals surface area contributed by atoms with Crippen molar-refractivity contribution in [2.24, 2.45) is 5.84 Å². The van der Waals surface area contributed by atoms with Crippen LogP contribution in [0.3, 0.4) is 0 Å². The Morgan fingerprint density at radius 3 is 2.78 bits per heavy atom. The Balaban J connectivity index is 1.79. The van der Waals surface area contributed by atoms with E-state index < -0.39 is 0 Å². The second-order valence-corrected chi connectivity index (χ2v) is 4.84. The number of rotatable bonds is 6. The Morgan fingerprint density at radius 1 is 1.39 bits per heavy atom. The molecule has 3 nitrogen and oxygen atoms in total. The summed E-state index contributed by atoms with van der Waals surface area (Å²) >= 11 is 0. The van der Waals surface area contributed by atoms with E-state index in [9.17, 15) is 4.39 Å². The van der Waals surface area contributed by atoms with Gasteiger partial charge in [-0.25, -0.2) is 4.39 Å². The first kappa shape index (κ1) is 13.5. The highest BCUT2D eigenvalue weighted by molar-refractivity contribution is 5.19. The molecule has 1 fully saturated rings. The fraction of sp³-hybridized carbons (Fsp3) is 0.571. The number of hydrogen-bond donors (Lipinski definition) is 2. The lowest BCUT2D eigenvalue weighted by molar-refractivity contribution is 0.101. The summed E-state index contributed by atoms with van der Waals surface area (Å²) in [6.07, 6.45) is 5.88. The van der Waals surface area contributed by atoms with Gasteiger partial charge in [-0.05, 0) is 49.8 Å². The van der Waals surface area contributed by atoms with Crippen molar-refractivity contribution in [3.8, 4) is 0 Å². The van der Waals surface area contributed by atoms with Gasteiger partial charge in [0.25, 0.3) is 0 Å². The topological polar surface area (TPSA) is 47.3 Å². The third-order valence-electron chi connectivity index (χ3n) is 3.52. The molecule has 0 aliphatic carbocycles. The molecule has 0 amide bonds. The average Bonchev–Trinajstić information content (AvgIpc) is 2.89. The van der Waals surface area contributed by atoms with Crippen molar-refractivity contribution in [2.75, 3.05) is 6.61 Å². The van der Waals surface area contributed by atoms with E-state index in [4.69, 9.17) is 10.6 Å². The van der Waals surface area contributed by atoms with E-state index >= 15 is 0 Å². The maximum Gasteiger partial charge on any atom is 0.123 e. The summed E-state index contributed by atoms with van der Waals surface area (Å²) in [7, 11) is 0. The number of nitrogens with two attached hydrogens (primary N) is 1. The highest BCUT2D eigenvalue weighted by Crippen LogP contribution is 2.22. The van der Waals surface area contributed by atoms with Crippen molar-refractivity contribution in [1.82, 2.24) is 5.43 Å². The van der Waals surface area contributed by atoms with E-state index in [1.165, 1.54) is 25.0 Å². The molecule has 1 saturated heterocycles. The molecule has 1 aliphatic rings. The standard InChI is InChI=1S/C14H21FN2O/c15-12-8-6-11(7-9-12)14(17-16)5-1-3-13-4-2-10-18-13/h6-9,13-14,17H,1-5,10,16H2. The molecule has 4 heteroatoms. The number of halogens is 1. The van der Waals surface area contributed by atoms with Gasteiger partial charge in [-0.15, -0.1) is 0 Å². The van der Waals surface area contributed by atoms with Crippen LogP contribution in [0.5, 0.6) is 0 Å². The first-order valence-electron chi connectivity index (χ1n) is 6.63. The minimum atomic E-state index is -0.214. The third-order valence-corrected chi connectivity index (χ3v) is 3.52. The second-order valence-electron chi connectivity index (χ2n) is 4.84. The Bertz CT molecular complexity index is 349. The summed E-state index contributed by atoms with van der Waals surface area (Å²) in [4.78, 5) is 0. The average molecular weight is 252 g/mol. The van der Waals surface area contributed by atoms with Crippen LogP contribution in [0.4, 0.5) is 4.39 Å². The smallest absolute Gasteiger partial charge is 0.123 e. The molecule has 18 heavy (non-hydrogen) atoms. The summed E-state index contributed by atoms with van der Waals surface area (Å²) in [5.74, 6) is 5.35. The molecule has 1 aromatic carbocycles. The highest BCUT2D eigenvalue weighted by Gasteiger charge is 2.16. The van der Waals surface area contributed by atoms with E-state index in [1.807, 2.05) is 0 Å². The van der Waals surface area contributed by atoms with E-state index in [1.54, 1.807) is 12.1 Å². The van der Waals surface area contributed by atoms with Crippen LogP contribution in [0, 0.1) is 5.82 Å². The van der Waals surface area contributed by atoms with E-state index in [0.29, 0.717) is 6.10 Å². The molecule has 0 radical (unpaired) electrons. The first-order valence-corrected chi connectivity index (χ1v) is 6.63. The Kier molecular flexibility index (Phi) is 5.11. The Morgan fingerprint density at radius 2 is 2.17 bits per heavy atom. The summed E-state index contributed by atoms with van der Waals surface area (Å²) in [5.41, 5.74) is 3.83. The quantitative estimate of drug-likeness (QED) is 0.604. The molecule has 0 spiro atoms. The minimum Gasteiger partial charge on any atom is -0.378 e. The number of hydrazine groups is 1. The van der Waals surface area contributed by atoms with Gasteiger partial charge in [0.2, 0.25) is 0 Å². The maximum atomic E-state index is 12.8.